The third-order valence-electron chi connectivity index (χ3n) is 1.94. The molecule has 5 nitrogen and oxygen atoms in total. The Labute approximate surface area is 92.4 Å². The lowest BCUT2D eigenvalue weighted by Gasteiger charge is -2.01. The normalized spacial score (nSPS) is 9.50. The maximum Gasteiger partial charge on any atom is 0.213 e. The maximum absolute atomic E-state index is 8.62. The SMILES string of the molecule is COc1cccc(-c2ncc(C#N)cn2)n1. The Hall–Kier alpha value is -2.48. The van der Waals surface area contributed by atoms with Crippen LogP contribution in [-0.2, 0) is 0 Å². The summed E-state index contributed by atoms with van der Waals surface area (Å²) in [5.41, 5.74) is 1.04. The lowest BCUT2D eigenvalue weighted by atomic mass is 10.3. The summed E-state index contributed by atoms with van der Waals surface area (Å²) in [7, 11) is 1.55. The van der Waals surface area contributed by atoms with Gasteiger partial charge in [-0.05, 0) is 6.07 Å². The molecule has 0 atom stereocenters. The Morgan fingerprint density at radius 3 is 2.62 bits per heavy atom. The highest BCUT2D eigenvalue weighted by Crippen LogP contribution is 2.15. The zero-order valence-corrected chi connectivity index (χ0v) is 8.58. The van der Waals surface area contributed by atoms with Crippen molar-refractivity contribution < 1.29 is 4.74 Å². The van der Waals surface area contributed by atoms with Gasteiger partial charge in [0.2, 0.25) is 5.88 Å². The molecule has 2 heterocycles. The van der Waals surface area contributed by atoms with Crippen LogP contribution >= 0.6 is 0 Å². The fraction of sp³-hybridized carbons (Fsp3) is 0.0909. The molecule has 5 heteroatoms. The Kier molecular flexibility index (Phi) is 2.74. The van der Waals surface area contributed by atoms with Crippen LogP contribution in [0.5, 0.6) is 5.88 Å². The van der Waals surface area contributed by atoms with Gasteiger partial charge >= 0.3 is 0 Å². The molecule has 0 unspecified atom stereocenters. The van der Waals surface area contributed by atoms with Gasteiger partial charge in [0.1, 0.15) is 11.8 Å². The number of rotatable bonds is 2. The van der Waals surface area contributed by atoms with Gasteiger partial charge in [-0.25, -0.2) is 15.0 Å². The van der Waals surface area contributed by atoms with Crippen LogP contribution in [0.4, 0.5) is 0 Å². The Morgan fingerprint density at radius 1 is 1.25 bits per heavy atom. The second-order valence-corrected chi connectivity index (χ2v) is 2.97. The fourth-order valence-corrected chi connectivity index (χ4v) is 1.17. The molecule has 0 saturated heterocycles. The number of ether oxygens (including phenoxy) is 1. The molecule has 0 aliphatic heterocycles. The minimum absolute atomic E-state index is 0.423. The number of hydrogen-bond acceptors (Lipinski definition) is 5. The molecule has 0 aliphatic carbocycles. The van der Waals surface area contributed by atoms with Crippen molar-refractivity contribution in [3.05, 3.63) is 36.2 Å². The second kappa shape index (κ2) is 4.36. The van der Waals surface area contributed by atoms with E-state index in [1.54, 1.807) is 19.2 Å². The molecule has 0 aliphatic rings. The van der Waals surface area contributed by atoms with Gasteiger partial charge in [0.25, 0.3) is 0 Å². The Morgan fingerprint density at radius 2 is 2.00 bits per heavy atom. The summed E-state index contributed by atoms with van der Waals surface area (Å²) < 4.78 is 5.00. The van der Waals surface area contributed by atoms with Gasteiger partial charge in [-0.1, -0.05) is 6.07 Å². The van der Waals surface area contributed by atoms with Crippen LogP contribution in [0, 0.1) is 11.3 Å². The van der Waals surface area contributed by atoms with Gasteiger partial charge in [-0.3, -0.25) is 0 Å². The molecular formula is C11H8N4O. The van der Waals surface area contributed by atoms with E-state index >= 15 is 0 Å². The molecule has 2 aromatic heterocycles. The van der Waals surface area contributed by atoms with Crippen LogP contribution in [0.25, 0.3) is 11.5 Å². The first kappa shape index (κ1) is 10.1. The number of pyridine rings is 1. The first-order chi connectivity index (χ1) is 7.83. The molecule has 0 saturated carbocycles. The van der Waals surface area contributed by atoms with E-state index in [-0.39, 0.29) is 0 Å². The quantitative estimate of drug-likeness (QED) is 0.752. The van der Waals surface area contributed by atoms with Crippen molar-refractivity contribution in [3.63, 3.8) is 0 Å². The first-order valence-corrected chi connectivity index (χ1v) is 4.57. The molecule has 0 radical (unpaired) electrons. The van der Waals surface area contributed by atoms with Crippen molar-refractivity contribution in [3.8, 4) is 23.5 Å². The van der Waals surface area contributed by atoms with Crippen molar-refractivity contribution in [1.82, 2.24) is 15.0 Å². The largest absolute Gasteiger partial charge is 0.481 e. The second-order valence-electron chi connectivity index (χ2n) is 2.97. The van der Waals surface area contributed by atoms with E-state index in [9.17, 15) is 0 Å². The Balaban J connectivity index is 2.39. The molecule has 2 aromatic rings. The number of aromatic nitrogens is 3. The average Bonchev–Trinajstić information content (AvgIpc) is 2.39. The van der Waals surface area contributed by atoms with E-state index in [1.807, 2.05) is 12.1 Å². The van der Waals surface area contributed by atoms with Crippen molar-refractivity contribution in [2.24, 2.45) is 0 Å². The average molecular weight is 212 g/mol. The summed E-state index contributed by atoms with van der Waals surface area (Å²) in [6.07, 6.45) is 2.92. The van der Waals surface area contributed by atoms with Gasteiger partial charge < -0.3 is 4.74 Å². The predicted octanol–water partition coefficient (Wildman–Crippen LogP) is 1.42. The van der Waals surface area contributed by atoms with Crippen LogP contribution < -0.4 is 4.74 Å². The molecular weight excluding hydrogens is 204 g/mol. The van der Waals surface area contributed by atoms with Gasteiger partial charge in [-0.2, -0.15) is 5.26 Å². The van der Waals surface area contributed by atoms with Crippen molar-refractivity contribution >= 4 is 0 Å². The molecule has 0 bridgehead atoms. The third-order valence-corrected chi connectivity index (χ3v) is 1.94. The van der Waals surface area contributed by atoms with E-state index in [0.29, 0.717) is 23.0 Å². The molecule has 0 spiro atoms. The number of hydrogen-bond donors (Lipinski definition) is 0. The van der Waals surface area contributed by atoms with Gasteiger partial charge in [0.15, 0.2) is 5.82 Å². The van der Waals surface area contributed by atoms with Gasteiger partial charge in [-0.15, -0.1) is 0 Å². The van der Waals surface area contributed by atoms with Crippen LogP contribution in [0.15, 0.2) is 30.6 Å². The lowest BCUT2D eigenvalue weighted by molar-refractivity contribution is 0.398. The van der Waals surface area contributed by atoms with E-state index in [0.717, 1.165) is 0 Å². The fourth-order valence-electron chi connectivity index (χ4n) is 1.17. The zero-order chi connectivity index (χ0) is 11.4. The summed E-state index contributed by atoms with van der Waals surface area (Å²) in [5, 5.41) is 8.62. The van der Waals surface area contributed by atoms with E-state index < -0.39 is 0 Å². The van der Waals surface area contributed by atoms with E-state index in [1.165, 1.54) is 12.4 Å². The van der Waals surface area contributed by atoms with Crippen LogP contribution in [0.1, 0.15) is 5.56 Å². The molecule has 0 N–H and O–H groups in total. The highest BCUT2D eigenvalue weighted by molar-refractivity contribution is 5.50. The summed E-state index contributed by atoms with van der Waals surface area (Å²) in [6.45, 7) is 0. The summed E-state index contributed by atoms with van der Waals surface area (Å²) in [5.74, 6) is 0.975. The Bertz CT molecular complexity index is 530. The standard InChI is InChI=1S/C11H8N4O/c1-16-10-4-2-3-9(15-10)11-13-6-8(5-12)7-14-11/h2-4,6-7H,1H3. The smallest absolute Gasteiger partial charge is 0.213 e. The van der Waals surface area contributed by atoms with Crippen molar-refractivity contribution in [2.75, 3.05) is 7.11 Å². The molecule has 0 amide bonds. The van der Waals surface area contributed by atoms with Crippen LogP contribution in [0.2, 0.25) is 0 Å². The minimum Gasteiger partial charge on any atom is -0.481 e. The van der Waals surface area contributed by atoms with Crippen LogP contribution in [-0.4, -0.2) is 22.1 Å². The van der Waals surface area contributed by atoms with Crippen molar-refractivity contribution in [1.29, 1.82) is 5.26 Å². The van der Waals surface area contributed by atoms with Gasteiger partial charge in [0.05, 0.1) is 12.7 Å². The van der Waals surface area contributed by atoms with E-state index in [2.05, 4.69) is 15.0 Å². The van der Waals surface area contributed by atoms with E-state index in [4.69, 9.17) is 10.00 Å². The monoisotopic (exact) mass is 212 g/mol. The highest BCUT2D eigenvalue weighted by atomic mass is 16.5. The summed E-state index contributed by atoms with van der Waals surface area (Å²) in [6, 6.07) is 7.29. The lowest BCUT2D eigenvalue weighted by Crippen LogP contribution is -1.94. The topological polar surface area (TPSA) is 71.7 Å². The van der Waals surface area contributed by atoms with Crippen LogP contribution in [0.3, 0.4) is 0 Å². The zero-order valence-electron chi connectivity index (χ0n) is 8.58. The first-order valence-electron chi connectivity index (χ1n) is 4.57. The maximum atomic E-state index is 8.62. The third kappa shape index (κ3) is 1.96. The molecule has 0 aromatic carbocycles. The van der Waals surface area contributed by atoms with Crippen molar-refractivity contribution in [2.45, 2.75) is 0 Å². The number of nitrogens with zero attached hydrogens (tertiary/aromatic N) is 4. The number of nitriles is 1. The molecule has 16 heavy (non-hydrogen) atoms. The molecule has 2 rings (SSSR count). The number of methoxy groups -OCH3 is 1. The predicted molar refractivity (Wildman–Crippen MR) is 56.5 cm³/mol. The molecule has 0 fully saturated rings. The highest BCUT2D eigenvalue weighted by Gasteiger charge is 2.03. The minimum atomic E-state index is 0.423. The van der Waals surface area contributed by atoms with Gasteiger partial charge in [0, 0.05) is 18.5 Å². The summed E-state index contributed by atoms with van der Waals surface area (Å²) >= 11 is 0. The molecule has 78 valence electrons. The summed E-state index contributed by atoms with van der Waals surface area (Å²) in [4.78, 5) is 12.3.